The molecule has 1 aromatic rings. The highest BCUT2D eigenvalue weighted by Gasteiger charge is 2.48. The summed E-state index contributed by atoms with van der Waals surface area (Å²) in [5.41, 5.74) is 1.59. The third kappa shape index (κ3) is 2.33. The van der Waals surface area contributed by atoms with E-state index >= 15 is 0 Å². The lowest BCUT2D eigenvalue weighted by Gasteiger charge is -2.52. The summed E-state index contributed by atoms with van der Waals surface area (Å²) >= 11 is 0. The minimum Gasteiger partial charge on any atom is -0.493 e. The van der Waals surface area contributed by atoms with E-state index in [9.17, 15) is 0 Å². The van der Waals surface area contributed by atoms with Crippen molar-refractivity contribution < 1.29 is 9.47 Å². The van der Waals surface area contributed by atoms with E-state index < -0.39 is 0 Å². The molecule has 3 rings (SSSR count). The Labute approximate surface area is 121 Å². The van der Waals surface area contributed by atoms with Crippen LogP contribution >= 0.6 is 0 Å². The van der Waals surface area contributed by atoms with E-state index in [1.807, 2.05) is 13.2 Å². The third-order valence-electron chi connectivity index (χ3n) is 5.16. The van der Waals surface area contributed by atoms with Gasteiger partial charge in [-0.1, -0.05) is 32.0 Å². The molecule has 20 heavy (non-hydrogen) atoms. The summed E-state index contributed by atoms with van der Waals surface area (Å²) in [7, 11) is 1.82. The Kier molecular flexibility index (Phi) is 3.74. The van der Waals surface area contributed by atoms with Crippen molar-refractivity contribution >= 4 is 0 Å². The molecule has 0 radical (unpaired) electrons. The molecule has 1 aliphatic heterocycles. The van der Waals surface area contributed by atoms with Crippen molar-refractivity contribution in [2.45, 2.75) is 44.8 Å². The molecule has 2 aliphatic rings. The van der Waals surface area contributed by atoms with E-state index in [0.29, 0.717) is 18.1 Å². The van der Waals surface area contributed by atoms with Crippen molar-refractivity contribution in [1.29, 1.82) is 0 Å². The van der Waals surface area contributed by atoms with E-state index in [0.717, 1.165) is 31.7 Å². The Bertz CT molecular complexity index is 472. The summed E-state index contributed by atoms with van der Waals surface area (Å²) in [5, 5.41) is 3.75. The first-order chi connectivity index (χ1) is 9.63. The van der Waals surface area contributed by atoms with E-state index in [-0.39, 0.29) is 5.41 Å². The van der Waals surface area contributed by atoms with Crippen molar-refractivity contribution in [3.63, 3.8) is 0 Å². The second-order valence-electron chi connectivity index (χ2n) is 6.61. The van der Waals surface area contributed by atoms with Crippen LogP contribution in [0.5, 0.6) is 5.75 Å². The molecule has 0 saturated heterocycles. The largest absolute Gasteiger partial charge is 0.493 e. The molecule has 3 heteroatoms. The Morgan fingerprint density at radius 2 is 2.15 bits per heavy atom. The highest BCUT2D eigenvalue weighted by atomic mass is 16.5. The first kappa shape index (κ1) is 13.9. The topological polar surface area (TPSA) is 30.5 Å². The van der Waals surface area contributed by atoms with Crippen LogP contribution in [-0.4, -0.2) is 32.4 Å². The number of nitrogens with one attached hydrogen (secondary N) is 1. The molecule has 0 amide bonds. The van der Waals surface area contributed by atoms with Crippen molar-refractivity contribution in [2.75, 3.05) is 20.3 Å². The third-order valence-corrected chi connectivity index (χ3v) is 5.16. The number of methoxy groups -OCH3 is 1. The van der Waals surface area contributed by atoms with E-state index in [4.69, 9.17) is 9.47 Å². The Balaban J connectivity index is 1.61. The van der Waals surface area contributed by atoms with Gasteiger partial charge in [0.25, 0.3) is 0 Å². The second-order valence-corrected chi connectivity index (χ2v) is 6.61. The van der Waals surface area contributed by atoms with Gasteiger partial charge >= 0.3 is 0 Å². The lowest BCUT2D eigenvalue weighted by Crippen LogP contribution is -2.61. The van der Waals surface area contributed by atoms with Gasteiger partial charge in [0.2, 0.25) is 0 Å². The number of hydrogen-bond acceptors (Lipinski definition) is 3. The molecule has 1 N–H and O–H groups in total. The molecule has 0 aromatic heterocycles. The molecular formula is C17H25NO2. The molecule has 1 aliphatic carbocycles. The van der Waals surface area contributed by atoms with Crippen molar-refractivity contribution in [3.8, 4) is 5.75 Å². The number of para-hydroxylation sites is 1. The van der Waals surface area contributed by atoms with Crippen LogP contribution in [0.15, 0.2) is 24.3 Å². The average Bonchev–Trinajstić information content (AvgIpc) is 2.46. The molecule has 110 valence electrons. The molecule has 3 unspecified atom stereocenters. The molecule has 1 aromatic carbocycles. The summed E-state index contributed by atoms with van der Waals surface area (Å²) in [5.74, 6) is 1.63. The summed E-state index contributed by atoms with van der Waals surface area (Å²) in [6.45, 7) is 6.45. The second kappa shape index (κ2) is 5.38. The van der Waals surface area contributed by atoms with Gasteiger partial charge < -0.3 is 14.8 Å². The quantitative estimate of drug-likeness (QED) is 0.916. The lowest BCUT2D eigenvalue weighted by molar-refractivity contribution is -0.0976. The summed E-state index contributed by atoms with van der Waals surface area (Å²) in [4.78, 5) is 0. The minimum absolute atomic E-state index is 0.236. The standard InChI is InChI=1S/C17H25NO2/c1-17(2)15(10-16(17)19-3)18-11-12-8-9-20-14-7-5-4-6-13(12)14/h4-7,12,15-16,18H,8-11H2,1-3H3. The van der Waals surface area contributed by atoms with Gasteiger partial charge in [-0.2, -0.15) is 0 Å². The fraction of sp³-hybridized carbons (Fsp3) is 0.647. The molecule has 0 bridgehead atoms. The summed E-state index contributed by atoms with van der Waals surface area (Å²) in [6.07, 6.45) is 2.61. The van der Waals surface area contributed by atoms with Gasteiger partial charge in [-0.05, 0) is 24.5 Å². The Morgan fingerprint density at radius 3 is 2.90 bits per heavy atom. The zero-order chi connectivity index (χ0) is 14.2. The zero-order valence-electron chi connectivity index (χ0n) is 12.7. The maximum Gasteiger partial charge on any atom is 0.122 e. The summed E-state index contributed by atoms with van der Waals surface area (Å²) < 4.78 is 11.2. The maximum absolute atomic E-state index is 5.73. The van der Waals surface area contributed by atoms with Crippen LogP contribution in [0.1, 0.15) is 38.2 Å². The first-order valence-corrected chi connectivity index (χ1v) is 7.61. The van der Waals surface area contributed by atoms with E-state index in [2.05, 4.69) is 37.4 Å². The molecular weight excluding hydrogens is 250 g/mol. The number of hydrogen-bond donors (Lipinski definition) is 1. The zero-order valence-corrected chi connectivity index (χ0v) is 12.7. The number of ether oxygens (including phenoxy) is 2. The SMILES string of the molecule is COC1CC(NCC2CCOc3ccccc32)C1(C)C. The summed E-state index contributed by atoms with van der Waals surface area (Å²) in [6, 6.07) is 8.99. The smallest absolute Gasteiger partial charge is 0.122 e. The number of rotatable bonds is 4. The van der Waals surface area contributed by atoms with Gasteiger partial charge in [0, 0.05) is 31.0 Å². The number of fused-ring (bicyclic) bond motifs is 1. The van der Waals surface area contributed by atoms with Crippen molar-refractivity contribution in [3.05, 3.63) is 29.8 Å². The van der Waals surface area contributed by atoms with Crippen LogP contribution < -0.4 is 10.1 Å². The fourth-order valence-electron chi connectivity index (χ4n) is 3.54. The van der Waals surface area contributed by atoms with Crippen LogP contribution in [0.4, 0.5) is 0 Å². The van der Waals surface area contributed by atoms with E-state index in [1.54, 1.807) is 0 Å². The normalized spacial score (nSPS) is 31.1. The number of benzene rings is 1. The predicted octanol–water partition coefficient (Wildman–Crippen LogP) is 2.96. The fourth-order valence-corrected chi connectivity index (χ4v) is 3.54. The van der Waals surface area contributed by atoms with E-state index in [1.165, 1.54) is 5.56 Å². The van der Waals surface area contributed by atoms with Crippen LogP contribution in [-0.2, 0) is 4.74 Å². The molecule has 0 spiro atoms. The van der Waals surface area contributed by atoms with Crippen LogP contribution in [0.3, 0.4) is 0 Å². The first-order valence-electron chi connectivity index (χ1n) is 7.61. The average molecular weight is 275 g/mol. The molecule has 1 heterocycles. The molecule has 3 atom stereocenters. The highest BCUT2D eigenvalue weighted by molar-refractivity contribution is 5.38. The van der Waals surface area contributed by atoms with Crippen molar-refractivity contribution in [2.24, 2.45) is 5.41 Å². The highest BCUT2D eigenvalue weighted by Crippen LogP contribution is 2.43. The molecule has 3 nitrogen and oxygen atoms in total. The van der Waals surface area contributed by atoms with Gasteiger partial charge in [-0.15, -0.1) is 0 Å². The predicted molar refractivity (Wildman–Crippen MR) is 80.3 cm³/mol. The van der Waals surface area contributed by atoms with Crippen molar-refractivity contribution in [1.82, 2.24) is 5.32 Å². The minimum atomic E-state index is 0.236. The van der Waals surface area contributed by atoms with Gasteiger partial charge in [-0.3, -0.25) is 0 Å². The molecule has 1 saturated carbocycles. The molecule has 1 fully saturated rings. The Morgan fingerprint density at radius 1 is 1.35 bits per heavy atom. The maximum atomic E-state index is 5.73. The lowest BCUT2D eigenvalue weighted by atomic mass is 9.64. The van der Waals surface area contributed by atoms with Gasteiger partial charge in [-0.25, -0.2) is 0 Å². The Hall–Kier alpha value is -1.06. The van der Waals surface area contributed by atoms with Gasteiger partial charge in [0.15, 0.2) is 0 Å². The van der Waals surface area contributed by atoms with Crippen LogP contribution in [0.25, 0.3) is 0 Å². The van der Waals surface area contributed by atoms with Crippen LogP contribution in [0.2, 0.25) is 0 Å². The van der Waals surface area contributed by atoms with Gasteiger partial charge in [0.1, 0.15) is 5.75 Å². The van der Waals surface area contributed by atoms with Gasteiger partial charge in [0.05, 0.1) is 12.7 Å². The van der Waals surface area contributed by atoms with Crippen LogP contribution in [0, 0.1) is 5.41 Å². The monoisotopic (exact) mass is 275 g/mol.